The first-order valence-electron chi connectivity index (χ1n) is 12.6. The summed E-state index contributed by atoms with van der Waals surface area (Å²) in [5.74, 6) is 0.731. The summed E-state index contributed by atoms with van der Waals surface area (Å²) in [6.07, 6.45) is 13.1. The molecule has 0 radical (unpaired) electrons. The first-order chi connectivity index (χ1) is 18.6. The average Bonchev–Trinajstić information content (AvgIpc) is 3.59. The summed E-state index contributed by atoms with van der Waals surface area (Å²) in [6, 6.07) is 12.0. The molecule has 38 heavy (non-hydrogen) atoms. The summed E-state index contributed by atoms with van der Waals surface area (Å²) in [5, 5.41) is 15.5. The van der Waals surface area contributed by atoms with Gasteiger partial charge < -0.3 is 19.5 Å². The molecule has 2 aromatic carbocycles. The van der Waals surface area contributed by atoms with Crippen molar-refractivity contribution in [3.8, 4) is 11.8 Å². The maximum Gasteiger partial charge on any atom is 0.172 e. The minimum absolute atomic E-state index is 0.441. The zero-order valence-electron chi connectivity index (χ0n) is 21.4. The second-order valence-electron chi connectivity index (χ2n) is 9.20. The summed E-state index contributed by atoms with van der Waals surface area (Å²) < 4.78 is 7.67. The number of likely N-dealkylation sites (tertiary alicyclic amines) is 1. The fraction of sp³-hybridized carbons (Fsp3) is 0.276. The van der Waals surface area contributed by atoms with E-state index in [1.165, 1.54) is 37.7 Å². The van der Waals surface area contributed by atoms with Gasteiger partial charge in [0.05, 0.1) is 28.9 Å². The lowest BCUT2D eigenvalue weighted by Gasteiger charge is -2.15. The molecule has 5 rings (SSSR count). The first kappa shape index (κ1) is 26.1. The van der Waals surface area contributed by atoms with Crippen molar-refractivity contribution in [1.82, 2.24) is 19.4 Å². The molecule has 0 saturated carbocycles. The Kier molecular flexibility index (Phi) is 8.18. The molecule has 0 atom stereocenters. The number of methoxy groups -OCH3 is 1. The lowest BCUT2D eigenvalue weighted by atomic mass is 10.0. The molecule has 0 spiro atoms. The quantitative estimate of drug-likeness (QED) is 0.245. The SMILES string of the molecule is COc1cc2c(Nc3ccc(Sc4nccn4C)c(Cl)c3)c(C#N)cnc2cc1/C=C/CCN1CCCC1. The van der Waals surface area contributed by atoms with E-state index in [4.69, 9.17) is 16.3 Å². The Morgan fingerprint density at radius 3 is 2.76 bits per heavy atom. The van der Waals surface area contributed by atoms with Crippen molar-refractivity contribution in [2.75, 3.05) is 32.1 Å². The van der Waals surface area contributed by atoms with Crippen LogP contribution in [0.15, 0.2) is 65.1 Å². The number of imidazole rings is 1. The maximum absolute atomic E-state index is 9.82. The molecule has 7 nitrogen and oxygen atoms in total. The molecule has 0 unspecified atom stereocenters. The molecule has 9 heteroatoms. The van der Waals surface area contributed by atoms with E-state index in [2.05, 4.69) is 38.4 Å². The molecule has 0 aliphatic carbocycles. The predicted molar refractivity (Wildman–Crippen MR) is 154 cm³/mol. The number of rotatable bonds is 9. The van der Waals surface area contributed by atoms with Crippen molar-refractivity contribution in [3.05, 3.63) is 71.1 Å². The van der Waals surface area contributed by atoms with Gasteiger partial charge in [0.25, 0.3) is 0 Å². The lowest BCUT2D eigenvalue weighted by Crippen LogP contribution is -2.19. The molecular formula is C29H29ClN6OS. The van der Waals surface area contributed by atoms with Crippen LogP contribution in [0.25, 0.3) is 17.0 Å². The smallest absolute Gasteiger partial charge is 0.172 e. The van der Waals surface area contributed by atoms with Gasteiger partial charge in [-0.15, -0.1) is 0 Å². The Labute approximate surface area is 232 Å². The van der Waals surface area contributed by atoms with Crippen LogP contribution in [0.4, 0.5) is 11.4 Å². The molecule has 1 fully saturated rings. The van der Waals surface area contributed by atoms with Crippen LogP contribution in [0.2, 0.25) is 5.02 Å². The Bertz CT molecular complexity index is 1520. The van der Waals surface area contributed by atoms with Crippen molar-refractivity contribution in [3.63, 3.8) is 0 Å². The van der Waals surface area contributed by atoms with Gasteiger partial charge in [-0.2, -0.15) is 5.26 Å². The lowest BCUT2D eigenvalue weighted by molar-refractivity contribution is 0.346. The topological polar surface area (TPSA) is 79.0 Å². The van der Waals surface area contributed by atoms with Gasteiger partial charge in [-0.1, -0.05) is 35.5 Å². The average molecular weight is 545 g/mol. The van der Waals surface area contributed by atoms with Crippen molar-refractivity contribution >= 4 is 51.7 Å². The third-order valence-corrected chi connectivity index (χ3v) is 8.20. The summed E-state index contributed by atoms with van der Waals surface area (Å²) in [5.41, 5.74) is 3.62. The van der Waals surface area contributed by atoms with E-state index in [0.29, 0.717) is 16.3 Å². The van der Waals surface area contributed by atoms with E-state index < -0.39 is 0 Å². The molecule has 1 aliphatic heterocycles. The summed E-state index contributed by atoms with van der Waals surface area (Å²) in [6.45, 7) is 3.47. The maximum atomic E-state index is 9.82. The molecule has 194 valence electrons. The number of ether oxygens (including phenoxy) is 1. The molecule has 1 aliphatic rings. The highest BCUT2D eigenvalue weighted by molar-refractivity contribution is 7.99. The highest BCUT2D eigenvalue weighted by Gasteiger charge is 2.15. The molecule has 2 aromatic heterocycles. The zero-order valence-corrected chi connectivity index (χ0v) is 23.0. The van der Waals surface area contributed by atoms with Crippen LogP contribution in [0.1, 0.15) is 30.4 Å². The van der Waals surface area contributed by atoms with Gasteiger partial charge in [-0.25, -0.2) is 4.98 Å². The Morgan fingerprint density at radius 1 is 1.21 bits per heavy atom. The minimum atomic E-state index is 0.441. The van der Waals surface area contributed by atoms with E-state index in [0.717, 1.165) is 50.9 Å². The van der Waals surface area contributed by atoms with E-state index in [9.17, 15) is 5.26 Å². The van der Waals surface area contributed by atoms with E-state index in [-0.39, 0.29) is 0 Å². The van der Waals surface area contributed by atoms with Crippen molar-refractivity contribution in [2.24, 2.45) is 7.05 Å². The second-order valence-corrected chi connectivity index (χ2v) is 10.6. The summed E-state index contributed by atoms with van der Waals surface area (Å²) in [7, 11) is 3.61. The fourth-order valence-electron chi connectivity index (χ4n) is 4.59. The van der Waals surface area contributed by atoms with Crippen LogP contribution in [-0.2, 0) is 7.05 Å². The number of nitriles is 1. The third kappa shape index (κ3) is 5.81. The standard InChI is InChI=1S/C29H29ClN6OS/c1-35-14-10-32-29(35)38-27-9-8-22(16-24(27)30)34-28-21(18-31)19-33-25-15-20(26(37-2)17-23(25)28)7-3-4-11-36-12-5-6-13-36/h3,7-10,14-17,19H,4-6,11-13H2,1-2H3,(H,33,34)/b7-3+. The Balaban J connectivity index is 1.41. The van der Waals surface area contributed by atoms with E-state index >= 15 is 0 Å². The van der Waals surface area contributed by atoms with Gasteiger partial charge in [0, 0.05) is 53.7 Å². The fourth-order valence-corrected chi connectivity index (χ4v) is 5.69. The van der Waals surface area contributed by atoms with Crippen LogP contribution in [0.3, 0.4) is 0 Å². The van der Waals surface area contributed by atoms with Crippen molar-refractivity contribution in [1.29, 1.82) is 5.26 Å². The number of hydrogen-bond acceptors (Lipinski definition) is 7. The number of aryl methyl sites for hydroxylation is 1. The molecule has 0 bridgehead atoms. The van der Waals surface area contributed by atoms with Crippen LogP contribution < -0.4 is 10.1 Å². The number of aromatic nitrogens is 3. The number of nitrogens with zero attached hydrogens (tertiary/aromatic N) is 5. The Hall–Kier alpha value is -3.51. The highest BCUT2D eigenvalue weighted by Crippen LogP contribution is 2.37. The van der Waals surface area contributed by atoms with Gasteiger partial charge in [-0.3, -0.25) is 4.98 Å². The second kappa shape index (κ2) is 11.9. The summed E-state index contributed by atoms with van der Waals surface area (Å²) in [4.78, 5) is 12.3. The summed E-state index contributed by atoms with van der Waals surface area (Å²) >= 11 is 8.12. The zero-order chi connectivity index (χ0) is 26.5. The Morgan fingerprint density at radius 2 is 2.05 bits per heavy atom. The highest BCUT2D eigenvalue weighted by atomic mass is 35.5. The number of pyridine rings is 1. The minimum Gasteiger partial charge on any atom is -0.496 e. The van der Waals surface area contributed by atoms with Crippen molar-refractivity contribution in [2.45, 2.75) is 29.3 Å². The number of fused-ring (bicyclic) bond motifs is 1. The molecule has 4 aromatic rings. The van der Waals surface area contributed by atoms with Gasteiger partial charge in [-0.05, 0) is 62.7 Å². The largest absolute Gasteiger partial charge is 0.496 e. The number of nitrogens with one attached hydrogen (secondary N) is 1. The third-order valence-electron chi connectivity index (χ3n) is 6.63. The van der Waals surface area contributed by atoms with E-state index in [1.54, 1.807) is 19.5 Å². The molecule has 3 heterocycles. The predicted octanol–water partition coefficient (Wildman–Crippen LogP) is 6.90. The van der Waals surface area contributed by atoms with Crippen LogP contribution in [-0.4, -0.2) is 46.2 Å². The van der Waals surface area contributed by atoms with Gasteiger partial charge >= 0.3 is 0 Å². The number of halogens is 1. The van der Waals surface area contributed by atoms with Crippen molar-refractivity contribution < 1.29 is 4.74 Å². The number of anilines is 2. The van der Waals surface area contributed by atoms with Gasteiger partial charge in [0.1, 0.15) is 11.8 Å². The molecule has 1 saturated heterocycles. The van der Waals surface area contributed by atoms with Gasteiger partial charge in [0.2, 0.25) is 0 Å². The monoisotopic (exact) mass is 544 g/mol. The molecule has 1 N–H and O–H groups in total. The van der Waals surface area contributed by atoms with Crippen LogP contribution in [0.5, 0.6) is 5.75 Å². The first-order valence-corrected chi connectivity index (χ1v) is 13.8. The molecule has 0 amide bonds. The van der Waals surface area contributed by atoms with Gasteiger partial charge in [0.15, 0.2) is 5.16 Å². The normalized spacial score (nSPS) is 13.8. The molecular weight excluding hydrogens is 516 g/mol. The number of hydrogen-bond donors (Lipinski definition) is 1. The van der Waals surface area contributed by atoms with Crippen LogP contribution in [0, 0.1) is 11.3 Å². The van der Waals surface area contributed by atoms with Crippen LogP contribution >= 0.6 is 23.4 Å². The van der Waals surface area contributed by atoms with E-state index in [1.807, 2.05) is 48.1 Å². The number of benzene rings is 2.